The molecular weight excluding hydrogens is 300 g/mol. The van der Waals surface area contributed by atoms with E-state index in [1.807, 2.05) is 17.5 Å². The molecule has 1 N–H and O–H groups in total. The van der Waals surface area contributed by atoms with Crippen molar-refractivity contribution < 1.29 is 4.79 Å². The van der Waals surface area contributed by atoms with E-state index in [1.165, 1.54) is 4.88 Å². The number of hydrogen-bond acceptors (Lipinski definition) is 4. The van der Waals surface area contributed by atoms with Gasteiger partial charge in [-0.2, -0.15) is 5.26 Å². The van der Waals surface area contributed by atoms with Crippen LogP contribution < -0.4 is 5.32 Å². The number of anilines is 1. The zero-order valence-electron chi connectivity index (χ0n) is 11.8. The van der Waals surface area contributed by atoms with Gasteiger partial charge in [0.05, 0.1) is 12.0 Å². The Morgan fingerprint density at radius 1 is 1.57 bits per heavy atom. The van der Waals surface area contributed by atoms with Crippen LogP contribution in [-0.4, -0.2) is 5.91 Å². The summed E-state index contributed by atoms with van der Waals surface area (Å²) in [7, 11) is 0. The van der Waals surface area contributed by atoms with Crippen LogP contribution in [0, 0.1) is 17.2 Å². The molecular formula is C16H16N2OS2. The third-order valence-electron chi connectivity index (χ3n) is 3.79. The van der Waals surface area contributed by atoms with Gasteiger partial charge < -0.3 is 5.32 Å². The molecule has 1 aliphatic rings. The number of carbonyl (C=O) groups is 1. The van der Waals surface area contributed by atoms with E-state index in [9.17, 15) is 10.1 Å². The first-order chi connectivity index (χ1) is 10.2. The van der Waals surface area contributed by atoms with Gasteiger partial charge in [-0.05, 0) is 42.2 Å². The predicted molar refractivity (Wildman–Crippen MR) is 86.9 cm³/mol. The monoisotopic (exact) mass is 316 g/mol. The zero-order chi connectivity index (χ0) is 14.8. The summed E-state index contributed by atoms with van der Waals surface area (Å²) < 4.78 is 0. The molecule has 1 amide bonds. The highest BCUT2D eigenvalue weighted by molar-refractivity contribution is 7.16. The quantitative estimate of drug-likeness (QED) is 0.931. The third-order valence-corrected chi connectivity index (χ3v) is 5.84. The van der Waals surface area contributed by atoms with Crippen molar-refractivity contribution in [2.75, 3.05) is 5.32 Å². The topological polar surface area (TPSA) is 52.9 Å². The van der Waals surface area contributed by atoms with Crippen LogP contribution in [0.2, 0.25) is 0 Å². The number of thiophene rings is 2. The van der Waals surface area contributed by atoms with E-state index in [-0.39, 0.29) is 5.91 Å². The molecule has 108 valence electrons. The van der Waals surface area contributed by atoms with Crippen LogP contribution in [0.5, 0.6) is 0 Å². The van der Waals surface area contributed by atoms with Crippen molar-refractivity contribution in [3.05, 3.63) is 38.4 Å². The standard InChI is InChI=1S/C16H16N2OS2/c1-10-4-5-12-13(9-17)16(21-14(12)7-10)18-15(19)8-11-3-2-6-20-11/h2-3,6,10H,4-5,7-8H2,1H3,(H,18,19). The van der Waals surface area contributed by atoms with Gasteiger partial charge in [0.25, 0.3) is 0 Å². The average Bonchev–Trinajstić information content (AvgIpc) is 3.05. The minimum atomic E-state index is -0.0411. The van der Waals surface area contributed by atoms with Crippen molar-refractivity contribution in [2.24, 2.45) is 5.92 Å². The SMILES string of the molecule is CC1CCc2c(sc(NC(=O)Cc3cccs3)c2C#N)C1. The first kappa shape index (κ1) is 14.3. The molecule has 0 radical (unpaired) electrons. The van der Waals surface area contributed by atoms with E-state index in [0.717, 1.165) is 34.7 Å². The Kier molecular flexibility index (Phi) is 4.09. The summed E-state index contributed by atoms with van der Waals surface area (Å²) in [6.45, 7) is 2.24. The largest absolute Gasteiger partial charge is 0.316 e. The van der Waals surface area contributed by atoms with Crippen LogP contribution >= 0.6 is 22.7 Å². The first-order valence-electron chi connectivity index (χ1n) is 7.04. The first-order valence-corrected chi connectivity index (χ1v) is 8.74. The van der Waals surface area contributed by atoms with Crippen LogP contribution in [-0.2, 0) is 24.1 Å². The highest BCUT2D eigenvalue weighted by atomic mass is 32.1. The van der Waals surface area contributed by atoms with E-state index >= 15 is 0 Å². The van der Waals surface area contributed by atoms with Crippen molar-refractivity contribution in [2.45, 2.75) is 32.6 Å². The smallest absolute Gasteiger partial charge is 0.230 e. The number of nitrogens with one attached hydrogen (secondary N) is 1. The molecule has 2 aromatic rings. The van der Waals surface area contributed by atoms with Crippen molar-refractivity contribution >= 4 is 33.6 Å². The number of nitriles is 1. The Bertz CT molecular complexity index is 695. The summed E-state index contributed by atoms with van der Waals surface area (Å²) in [5.74, 6) is 0.623. The fourth-order valence-electron chi connectivity index (χ4n) is 2.70. The van der Waals surface area contributed by atoms with E-state index < -0.39 is 0 Å². The Labute approximate surface area is 132 Å². The number of nitrogens with zero attached hydrogens (tertiary/aromatic N) is 1. The molecule has 1 atom stereocenters. The summed E-state index contributed by atoms with van der Waals surface area (Å²) in [5, 5.41) is 15.0. The molecule has 2 heterocycles. The lowest BCUT2D eigenvalue weighted by Crippen LogP contribution is -2.13. The maximum Gasteiger partial charge on any atom is 0.230 e. The van der Waals surface area contributed by atoms with Crippen LogP contribution in [0.3, 0.4) is 0 Å². The molecule has 3 nitrogen and oxygen atoms in total. The lowest BCUT2D eigenvalue weighted by Gasteiger charge is -2.17. The molecule has 0 bridgehead atoms. The Morgan fingerprint density at radius 2 is 2.43 bits per heavy atom. The van der Waals surface area contributed by atoms with Crippen LogP contribution in [0.1, 0.15) is 34.2 Å². The summed E-state index contributed by atoms with van der Waals surface area (Å²) in [5.41, 5.74) is 1.84. The van der Waals surface area contributed by atoms with Gasteiger partial charge in [-0.15, -0.1) is 22.7 Å². The van der Waals surface area contributed by atoms with Crippen LogP contribution in [0.15, 0.2) is 17.5 Å². The molecule has 0 fully saturated rings. The third kappa shape index (κ3) is 3.02. The van der Waals surface area contributed by atoms with Crippen molar-refractivity contribution in [3.63, 3.8) is 0 Å². The van der Waals surface area contributed by atoms with Crippen LogP contribution in [0.4, 0.5) is 5.00 Å². The lowest BCUT2D eigenvalue weighted by molar-refractivity contribution is -0.115. The maximum atomic E-state index is 12.1. The van der Waals surface area contributed by atoms with Gasteiger partial charge in [0.15, 0.2) is 0 Å². The summed E-state index contributed by atoms with van der Waals surface area (Å²) >= 11 is 3.16. The molecule has 2 aromatic heterocycles. The second kappa shape index (κ2) is 6.00. The second-order valence-corrected chi connectivity index (χ2v) is 7.61. The Hall–Kier alpha value is -1.64. The Morgan fingerprint density at radius 3 is 3.14 bits per heavy atom. The van der Waals surface area contributed by atoms with Gasteiger partial charge in [0.2, 0.25) is 5.91 Å². The summed E-state index contributed by atoms with van der Waals surface area (Å²) in [4.78, 5) is 14.4. The molecule has 0 aromatic carbocycles. The zero-order valence-corrected chi connectivity index (χ0v) is 13.4. The molecule has 21 heavy (non-hydrogen) atoms. The highest BCUT2D eigenvalue weighted by Gasteiger charge is 2.24. The molecule has 3 rings (SSSR count). The van der Waals surface area contributed by atoms with Gasteiger partial charge >= 0.3 is 0 Å². The molecule has 0 saturated carbocycles. The van der Waals surface area contributed by atoms with Gasteiger partial charge in [-0.3, -0.25) is 4.79 Å². The normalized spacial score (nSPS) is 17.0. The fourth-order valence-corrected chi connectivity index (χ4v) is 4.78. The minimum Gasteiger partial charge on any atom is -0.316 e. The fraction of sp³-hybridized carbons (Fsp3) is 0.375. The number of hydrogen-bond donors (Lipinski definition) is 1. The maximum absolute atomic E-state index is 12.1. The van der Waals surface area contributed by atoms with E-state index in [4.69, 9.17) is 0 Å². The van der Waals surface area contributed by atoms with Gasteiger partial charge in [-0.25, -0.2) is 0 Å². The van der Waals surface area contributed by atoms with Gasteiger partial charge in [-0.1, -0.05) is 13.0 Å². The lowest BCUT2D eigenvalue weighted by atomic mass is 9.89. The van der Waals surface area contributed by atoms with Crippen LogP contribution in [0.25, 0.3) is 0 Å². The average molecular weight is 316 g/mol. The molecule has 5 heteroatoms. The molecule has 0 aliphatic heterocycles. The number of carbonyl (C=O) groups excluding carboxylic acids is 1. The van der Waals surface area contributed by atoms with Crippen molar-refractivity contribution in [1.82, 2.24) is 0 Å². The Balaban J connectivity index is 1.79. The molecule has 1 unspecified atom stereocenters. The van der Waals surface area contributed by atoms with Crippen molar-refractivity contribution in [1.29, 1.82) is 5.26 Å². The molecule has 0 spiro atoms. The summed E-state index contributed by atoms with van der Waals surface area (Å²) in [6.07, 6.45) is 3.48. The minimum absolute atomic E-state index is 0.0411. The van der Waals surface area contributed by atoms with Gasteiger partial charge in [0.1, 0.15) is 11.1 Å². The van der Waals surface area contributed by atoms with Gasteiger partial charge in [0, 0.05) is 9.75 Å². The van der Waals surface area contributed by atoms with E-state index in [1.54, 1.807) is 22.7 Å². The van der Waals surface area contributed by atoms with Crippen molar-refractivity contribution in [3.8, 4) is 6.07 Å². The summed E-state index contributed by atoms with van der Waals surface area (Å²) in [6, 6.07) is 6.18. The number of rotatable bonds is 3. The molecule has 0 saturated heterocycles. The number of fused-ring (bicyclic) bond motifs is 1. The van der Waals surface area contributed by atoms with E-state index in [0.29, 0.717) is 17.9 Å². The van der Waals surface area contributed by atoms with E-state index in [2.05, 4.69) is 18.3 Å². The highest BCUT2D eigenvalue weighted by Crippen LogP contribution is 2.39. The second-order valence-electron chi connectivity index (χ2n) is 5.47. The predicted octanol–water partition coefficient (Wildman–Crippen LogP) is 3.99. The number of amides is 1. The molecule has 1 aliphatic carbocycles.